The van der Waals surface area contributed by atoms with Crippen molar-refractivity contribution in [1.82, 2.24) is 0 Å². The topological polar surface area (TPSA) is 39.4 Å². The summed E-state index contributed by atoms with van der Waals surface area (Å²) in [6.45, 7) is 6.32. The van der Waals surface area contributed by atoms with Gasteiger partial charge in [-0.2, -0.15) is 0 Å². The van der Waals surface area contributed by atoms with E-state index in [0.29, 0.717) is 18.1 Å². The Hall–Kier alpha value is -2.03. The fourth-order valence-electron chi connectivity index (χ4n) is 1.72. The molecule has 0 aliphatic carbocycles. The number of benzene rings is 1. The van der Waals surface area contributed by atoms with Crippen LogP contribution < -0.4 is 10.4 Å². The number of aryl methyl sites for hydroxylation is 3. The number of hydrogen-bond donors (Lipinski definition) is 0. The first-order valence-corrected chi connectivity index (χ1v) is 5.85. The maximum Gasteiger partial charge on any atom is 0.339 e. The first-order valence-electron chi connectivity index (χ1n) is 5.85. The minimum absolute atomic E-state index is 0.384. The summed E-state index contributed by atoms with van der Waals surface area (Å²) < 4.78 is 10.5. The van der Waals surface area contributed by atoms with Crippen LogP contribution in [0.1, 0.15) is 22.5 Å². The first-order chi connectivity index (χ1) is 8.54. The molecule has 0 radical (unpaired) electrons. The normalized spacial score (nSPS) is 10.4. The zero-order valence-electron chi connectivity index (χ0n) is 10.8. The lowest BCUT2D eigenvalue weighted by atomic mass is 10.1. The van der Waals surface area contributed by atoms with Gasteiger partial charge in [0.2, 0.25) is 0 Å². The van der Waals surface area contributed by atoms with Gasteiger partial charge in [-0.3, -0.25) is 0 Å². The Labute approximate surface area is 106 Å². The number of ether oxygens (including phenoxy) is 1. The van der Waals surface area contributed by atoms with Gasteiger partial charge in [-0.05, 0) is 37.5 Å². The highest BCUT2D eigenvalue weighted by Crippen LogP contribution is 2.14. The first kappa shape index (κ1) is 12.4. The standard InChI is InChI=1S/C15H16O3/c1-10-4-5-13(6-11(10)2)9-17-14-7-12(3)18-15(16)8-14/h4-8H,9H2,1-3H3. The molecule has 0 aliphatic heterocycles. The summed E-state index contributed by atoms with van der Waals surface area (Å²) in [6.07, 6.45) is 0. The van der Waals surface area contributed by atoms with Gasteiger partial charge in [0, 0.05) is 6.07 Å². The highest BCUT2D eigenvalue weighted by molar-refractivity contribution is 5.30. The largest absolute Gasteiger partial charge is 0.489 e. The molecule has 0 unspecified atom stereocenters. The van der Waals surface area contributed by atoms with E-state index >= 15 is 0 Å². The molecule has 94 valence electrons. The fraction of sp³-hybridized carbons (Fsp3) is 0.267. The third-order valence-electron chi connectivity index (χ3n) is 2.84. The zero-order chi connectivity index (χ0) is 13.1. The number of hydrogen-bond acceptors (Lipinski definition) is 3. The van der Waals surface area contributed by atoms with Crippen LogP contribution in [-0.2, 0) is 6.61 Å². The molecule has 1 aromatic carbocycles. The molecule has 3 heteroatoms. The lowest BCUT2D eigenvalue weighted by molar-refractivity contribution is 0.300. The Morgan fingerprint density at radius 1 is 1.06 bits per heavy atom. The molecule has 0 fully saturated rings. The van der Waals surface area contributed by atoms with E-state index in [1.54, 1.807) is 13.0 Å². The van der Waals surface area contributed by atoms with Crippen molar-refractivity contribution in [2.45, 2.75) is 27.4 Å². The molecule has 0 spiro atoms. The van der Waals surface area contributed by atoms with E-state index in [2.05, 4.69) is 26.0 Å². The average molecular weight is 244 g/mol. The Balaban J connectivity index is 2.11. The summed E-state index contributed by atoms with van der Waals surface area (Å²) in [5.74, 6) is 1.10. The minimum Gasteiger partial charge on any atom is -0.489 e. The van der Waals surface area contributed by atoms with Gasteiger partial charge in [-0.25, -0.2) is 4.79 Å². The van der Waals surface area contributed by atoms with E-state index < -0.39 is 0 Å². The lowest BCUT2D eigenvalue weighted by Crippen LogP contribution is -2.02. The van der Waals surface area contributed by atoms with Crippen molar-refractivity contribution in [3.8, 4) is 5.75 Å². The Kier molecular flexibility index (Phi) is 3.51. The molecule has 0 saturated heterocycles. The van der Waals surface area contributed by atoms with Gasteiger partial charge in [0.05, 0.1) is 6.07 Å². The summed E-state index contributed by atoms with van der Waals surface area (Å²) in [6, 6.07) is 9.25. The third-order valence-corrected chi connectivity index (χ3v) is 2.84. The molecule has 0 atom stereocenters. The third kappa shape index (κ3) is 3.00. The van der Waals surface area contributed by atoms with E-state index in [4.69, 9.17) is 9.15 Å². The van der Waals surface area contributed by atoms with Crippen LogP contribution in [0.15, 0.2) is 39.5 Å². The van der Waals surface area contributed by atoms with E-state index in [1.807, 2.05) is 6.07 Å². The van der Waals surface area contributed by atoms with Gasteiger partial charge in [-0.1, -0.05) is 18.2 Å². The van der Waals surface area contributed by atoms with Crippen LogP contribution in [0, 0.1) is 20.8 Å². The van der Waals surface area contributed by atoms with Gasteiger partial charge in [0.25, 0.3) is 0 Å². The van der Waals surface area contributed by atoms with Gasteiger partial charge in [0.1, 0.15) is 18.1 Å². The molecular formula is C15H16O3. The molecule has 3 nitrogen and oxygen atoms in total. The predicted molar refractivity (Wildman–Crippen MR) is 70.0 cm³/mol. The molecule has 1 aromatic heterocycles. The Morgan fingerprint density at radius 2 is 1.83 bits per heavy atom. The van der Waals surface area contributed by atoms with Crippen LogP contribution in [0.25, 0.3) is 0 Å². The molecule has 0 bridgehead atoms. The van der Waals surface area contributed by atoms with Crippen molar-refractivity contribution in [1.29, 1.82) is 0 Å². The average Bonchev–Trinajstić information content (AvgIpc) is 2.29. The second kappa shape index (κ2) is 5.08. The summed E-state index contributed by atoms with van der Waals surface area (Å²) in [7, 11) is 0. The molecule has 1 heterocycles. The molecule has 0 amide bonds. The Bertz CT molecular complexity index is 611. The molecule has 0 N–H and O–H groups in total. The molecule has 2 aromatic rings. The van der Waals surface area contributed by atoms with Crippen molar-refractivity contribution >= 4 is 0 Å². The van der Waals surface area contributed by atoms with Crippen molar-refractivity contribution in [3.05, 3.63) is 63.2 Å². The second-order valence-electron chi connectivity index (χ2n) is 4.43. The molecule has 2 rings (SSSR count). The second-order valence-corrected chi connectivity index (χ2v) is 4.43. The molecule has 0 aliphatic rings. The Morgan fingerprint density at radius 3 is 2.50 bits per heavy atom. The van der Waals surface area contributed by atoms with Gasteiger partial charge in [-0.15, -0.1) is 0 Å². The van der Waals surface area contributed by atoms with Gasteiger partial charge >= 0.3 is 5.63 Å². The molecular weight excluding hydrogens is 228 g/mol. The van der Waals surface area contributed by atoms with Crippen molar-refractivity contribution in [2.24, 2.45) is 0 Å². The van der Waals surface area contributed by atoms with Crippen LogP contribution in [0.4, 0.5) is 0 Å². The summed E-state index contributed by atoms with van der Waals surface area (Å²) >= 11 is 0. The van der Waals surface area contributed by atoms with Crippen LogP contribution in [0.2, 0.25) is 0 Å². The molecule has 0 saturated carbocycles. The quantitative estimate of drug-likeness (QED) is 0.832. The van der Waals surface area contributed by atoms with E-state index in [1.165, 1.54) is 17.2 Å². The van der Waals surface area contributed by atoms with Crippen LogP contribution in [0.5, 0.6) is 5.75 Å². The van der Waals surface area contributed by atoms with Crippen LogP contribution >= 0.6 is 0 Å². The number of rotatable bonds is 3. The molecule has 18 heavy (non-hydrogen) atoms. The van der Waals surface area contributed by atoms with E-state index in [0.717, 1.165) is 5.56 Å². The highest BCUT2D eigenvalue weighted by Gasteiger charge is 2.01. The van der Waals surface area contributed by atoms with Crippen molar-refractivity contribution in [2.75, 3.05) is 0 Å². The monoisotopic (exact) mass is 244 g/mol. The predicted octanol–water partition coefficient (Wildman–Crippen LogP) is 3.14. The van der Waals surface area contributed by atoms with Gasteiger partial charge in [0.15, 0.2) is 0 Å². The van der Waals surface area contributed by atoms with E-state index in [9.17, 15) is 4.79 Å². The SMILES string of the molecule is Cc1cc(OCc2ccc(C)c(C)c2)cc(=O)o1. The maximum atomic E-state index is 11.2. The lowest BCUT2D eigenvalue weighted by Gasteiger charge is -2.08. The van der Waals surface area contributed by atoms with Crippen molar-refractivity contribution in [3.63, 3.8) is 0 Å². The van der Waals surface area contributed by atoms with Crippen molar-refractivity contribution < 1.29 is 9.15 Å². The summed E-state index contributed by atoms with van der Waals surface area (Å²) in [5, 5.41) is 0. The van der Waals surface area contributed by atoms with Crippen LogP contribution in [0.3, 0.4) is 0 Å². The highest BCUT2D eigenvalue weighted by atomic mass is 16.5. The van der Waals surface area contributed by atoms with E-state index in [-0.39, 0.29) is 5.63 Å². The fourth-order valence-corrected chi connectivity index (χ4v) is 1.72. The maximum absolute atomic E-state index is 11.2. The zero-order valence-corrected chi connectivity index (χ0v) is 10.8. The summed E-state index contributed by atoms with van der Waals surface area (Å²) in [5.41, 5.74) is 3.20. The minimum atomic E-state index is -0.384. The summed E-state index contributed by atoms with van der Waals surface area (Å²) in [4.78, 5) is 11.2. The van der Waals surface area contributed by atoms with Crippen LogP contribution in [-0.4, -0.2) is 0 Å². The van der Waals surface area contributed by atoms with Gasteiger partial charge < -0.3 is 9.15 Å². The smallest absolute Gasteiger partial charge is 0.339 e.